The molecule has 0 aromatic rings. The molecule has 3 nitrogen and oxygen atoms in total. The Morgan fingerprint density at radius 1 is 0.806 bits per heavy atom. The van der Waals surface area contributed by atoms with Crippen LogP contribution >= 0.6 is 11.6 Å². The van der Waals surface area contributed by atoms with E-state index in [4.69, 9.17) is 16.3 Å². The average Bonchev–Trinajstić information content (AvgIpc) is 3.17. The molecular formula is C32H49ClO3. The van der Waals surface area contributed by atoms with Crippen molar-refractivity contribution >= 4 is 22.8 Å². The number of esters is 1. The van der Waals surface area contributed by atoms with Gasteiger partial charge >= 0.3 is 5.97 Å². The van der Waals surface area contributed by atoms with Crippen LogP contribution in [-0.4, -0.2) is 17.3 Å². The SMILES string of the molecule is C=C(C)C1CC[C@]2(C(=O)Cl)CC[C@]3(C)C(CCC4[C@@]5(C)CC[C@H](OC(C)=O)C(C)(C)C5CC[C@]43C)C12. The lowest BCUT2D eigenvalue weighted by atomic mass is 9.32. The van der Waals surface area contributed by atoms with Crippen molar-refractivity contribution in [1.29, 1.82) is 0 Å². The van der Waals surface area contributed by atoms with Gasteiger partial charge in [-0.15, -0.1) is 0 Å². The molecule has 0 aliphatic heterocycles. The zero-order chi connectivity index (χ0) is 26.5. The van der Waals surface area contributed by atoms with Crippen LogP contribution in [0, 0.1) is 56.7 Å². The smallest absolute Gasteiger partial charge is 0.302 e. The van der Waals surface area contributed by atoms with Gasteiger partial charge in [-0.25, -0.2) is 0 Å². The monoisotopic (exact) mass is 516 g/mol. The van der Waals surface area contributed by atoms with Gasteiger partial charge < -0.3 is 4.74 Å². The summed E-state index contributed by atoms with van der Waals surface area (Å²) in [6.07, 6.45) is 11.1. The van der Waals surface area contributed by atoms with Crippen LogP contribution in [-0.2, 0) is 14.3 Å². The van der Waals surface area contributed by atoms with Crippen molar-refractivity contribution in [3.05, 3.63) is 12.2 Å². The second kappa shape index (κ2) is 8.33. The highest BCUT2D eigenvalue weighted by Gasteiger charge is 2.71. The third-order valence-electron chi connectivity index (χ3n) is 13.7. The molecule has 5 aliphatic rings. The molecule has 202 valence electrons. The Labute approximate surface area is 224 Å². The van der Waals surface area contributed by atoms with Gasteiger partial charge in [-0.05, 0) is 129 Å². The molecule has 0 spiro atoms. The van der Waals surface area contributed by atoms with Crippen LogP contribution in [0.1, 0.15) is 113 Å². The van der Waals surface area contributed by atoms with E-state index in [0.29, 0.717) is 29.6 Å². The van der Waals surface area contributed by atoms with Gasteiger partial charge in [-0.1, -0.05) is 46.8 Å². The number of fused-ring (bicyclic) bond motifs is 7. The zero-order valence-corrected chi connectivity index (χ0v) is 24.6. The first-order chi connectivity index (χ1) is 16.6. The number of carbonyl (C=O) groups is 2. The van der Waals surface area contributed by atoms with Crippen LogP contribution in [0.5, 0.6) is 0 Å². The third kappa shape index (κ3) is 3.29. The van der Waals surface area contributed by atoms with Gasteiger partial charge in [0.2, 0.25) is 5.24 Å². The number of ether oxygens (including phenoxy) is 1. The third-order valence-corrected chi connectivity index (χ3v) is 14.1. The highest BCUT2D eigenvalue weighted by molar-refractivity contribution is 6.64. The minimum Gasteiger partial charge on any atom is -0.462 e. The molecule has 0 aromatic heterocycles. The van der Waals surface area contributed by atoms with E-state index in [1.807, 2.05) is 0 Å². The Morgan fingerprint density at radius 2 is 1.50 bits per heavy atom. The maximum absolute atomic E-state index is 13.0. The predicted molar refractivity (Wildman–Crippen MR) is 145 cm³/mol. The van der Waals surface area contributed by atoms with E-state index < -0.39 is 0 Å². The van der Waals surface area contributed by atoms with Crippen LogP contribution in [0.4, 0.5) is 0 Å². The highest BCUT2D eigenvalue weighted by Crippen LogP contribution is 2.77. The average molecular weight is 517 g/mol. The number of allylic oxidation sites excluding steroid dienone is 1. The molecule has 0 saturated heterocycles. The van der Waals surface area contributed by atoms with Crippen molar-refractivity contribution < 1.29 is 14.3 Å². The second-order valence-electron chi connectivity index (χ2n) is 15.1. The first-order valence-electron chi connectivity index (χ1n) is 14.7. The molecule has 0 amide bonds. The summed E-state index contributed by atoms with van der Waals surface area (Å²) in [6, 6.07) is 0. The molecule has 4 heteroatoms. The number of halogens is 1. The molecule has 0 N–H and O–H groups in total. The standard InChI is InChI=1S/C32H49ClO3/c1-19(2)21-11-16-32(27(33)35)18-17-30(7)22(26(21)32)9-10-24-29(6)14-13-25(36-20(3)34)28(4,5)23(29)12-15-31(24,30)8/h21-26H,1,9-18H2,2-8H3/t21?,22?,23?,24?,25-,26?,29-,30+,31+,32-/m0/s1. The van der Waals surface area contributed by atoms with Crippen molar-refractivity contribution in [2.45, 2.75) is 119 Å². The minimum absolute atomic E-state index is 0.0129. The van der Waals surface area contributed by atoms with Gasteiger partial charge in [0.05, 0.1) is 0 Å². The summed E-state index contributed by atoms with van der Waals surface area (Å²) >= 11 is 6.46. The summed E-state index contributed by atoms with van der Waals surface area (Å²) in [5, 5.41) is -0.0770. The molecule has 0 heterocycles. The Bertz CT molecular complexity index is 970. The molecule has 5 rings (SSSR count). The van der Waals surface area contributed by atoms with Gasteiger partial charge in [0.1, 0.15) is 6.10 Å². The fourth-order valence-corrected chi connectivity index (χ4v) is 12.2. The van der Waals surface area contributed by atoms with Gasteiger partial charge in [0, 0.05) is 17.8 Å². The normalized spacial score (nSPS) is 51.2. The zero-order valence-electron chi connectivity index (χ0n) is 23.8. The largest absolute Gasteiger partial charge is 0.462 e. The molecule has 5 fully saturated rings. The van der Waals surface area contributed by atoms with E-state index in [1.54, 1.807) is 6.92 Å². The lowest BCUT2D eigenvalue weighted by Crippen LogP contribution is -2.67. The maximum atomic E-state index is 13.0. The fourth-order valence-electron chi connectivity index (χ4n) is 11.9. The first-order valence-corrected chi connectivity index (χ1v) is 15.1. The van der Waals surface area contributed by atoms with Crippen LogP contribution in [0.25, 0.3) is 0 Å². The number of carbonyl (C=O) groups excluding carboxylic acids is 2. The molecule has 0 aromatic carbocycles. The fraction of sp³-hybridized carbons (Fsp3) is 0.875. The number of hydrogen-bond donors (Lipinski definition) is 0. The van der Waals surface area contributed by atoms with Crippen molar-refractivity contribution in [1.82, 2.24) is 0 Å². The van der Waals surface area contributed by atoms with Crippen LogP contribution in [0.3, 0.4) is 0 Å². The van der Waals surface area contributed by atoms with Gasteiger partial charge in [-0.3, -0.25) is 9.59 Å². The van der Waals surface area contributed by atoms with Crippen LogP contribution < -0.4 is 0 Å². The Balaban J connectivity index is 1.52. The Hall–Kier alpha value is -0.830. The minimum atomic E-state index is -0.344. The molecule has 36 heavy (non-hydrogen) atoms. The summed E-state index contributed by atoms with van der Waals surface area (Å²) in [4.78, 5) is 24.9. The topological polar surface area (TPSA) is 43.4 Å². The van der Waals surface area contributed by atoms with E-state index in [-0.39, 0.29) is 44.4 Å². The van der Waals surface area contributed by atoms with Gasteiger partial charge in [0.15, 0.2) is 0 Å². The van der Waals surface area contributed by atoms with E-state index in [0.717, 1.165) is 38.5 Å². The van der Waals surface area contributed by atoms with E-state index in [2.05, 4.69) is 48.1 Å². The number of hydrogen-bond acceptors (Lipinski definition) is 3. The molecular weight excluding hydrogens is 468 g/mol. The van der Waals surface area contributed by atoms with Crippen molar-refractivity contribution in [2.24, 2.45) is 56.7 Å². The molecule has 10 atom stereocenters. The summed E-state index contributed by atoms with van der Waals surface area (Å²) in [5.74, 6) is 2.37. The van der Waals surface area contributed by atoms with E-state index in [1.165, 1.54) is 31.3 Å². The van der Waals surface area contributed by atoms with Crippen LogP contribution in [0.2, 0.25) is 0 Å². The molecule has 5 unspecified atom stereocenters. The summed E-state index contributed by atoms with van der Waals surface area (Å²) in [7, 11) is 0. The summed E-state index contributed by atoms with van der Waals surface area (Å²) in [5.41, 5.74) is 1.60. The van der Waals surface area contributed by atoms with Crippen molar-refractivity contribution in [3.8, 4) is 0 Å². The Kier molecular flexibility index (Phi) is 6.19. The van der Waals surface area contributed by atoms with Crippen molar-refractivity contribution in [3.63, 3.8) is 0 Å². The Morgan fingerprint density at radius 3 is 2.11 bits per heavy atom. The van der Waals surface area contributed by atoms with Gasteiger partial charge in [0.25, 0.3) is 0 Å². The lowest BCUT2D eigenvalue weighted by Gasteiger charge is -2.72. The second-order valence-corrected chi connectivity index (χ2v) is 15.4. The molecule has 5 saturated carbocycles. The predicted octanol–water partition coefficient (Wildman–Crippen LogP) is 8.34. The van der Waals surface area contributed by atoms with E-state index in [9.17, 15) is 9.59 Å². The molecule has 0 radical (unpaired) electrons. The quantitative estimate of drug-likeness (QED) is 0.215. The lowest BCUT2D eigenvalue weighted by molar-refractivity contribution is -0.248. The maximum Gasteiger partial charge on any atom is 0.302 e. The van der Waals surface area contributed by atoms with Crippen molar-refractivity contribution in [2.75, 3.05) is 0 Å². The molecule has 0 bridgehead atoms. The van der Waals surface area contributed by atoms with Gasteiger partial charge in [-0.2, -0.15) is 0 Å². The number of rotatable bonds is 3. The van der Waals surface area contributed by atoms with Crippen LogP contribution in [0.15, 0.2) is 12.2 Å². The summed E-state index contributed by atoms with van der Waals surface area (Å²) in [6.45, 7) is 20.6. The summed E-state index contributed by atoms with van der Waals surface area (Å²) < 4.78 is 5.89. The van der Waals surface area contributed by atoms with E-state index >= 15 is 0 Å². The highest BCUT2D eigenvalue weighted by atomic mass is 35.5. The molecule has 5 aliphatic carbocycles. The first kappa shape index (κ1) is 26.8.